The van der Waals surface area contributed by atoms with Crippen molar-refractivity contribution in [3.8, 4) is 17.3 Å². The van der Waals surface area contributed by atoms with Crippen molar-refractivity contribution >= 4 is 28.5 Å². The van der Waals surface area contributed by atoms with Gasteiger partial charge in [-0.2, -0.15) is 19.1 Å². The first kappa shape index (κ1) is 26.5. The monoisotopic (exact) mass is 542 g/mol. The first-order chi connectivity index (χ1) is 19.3. The molecule has 202 valence electrons. The standard InChI is InChI=1S/C29H24F2N6O3/c30-28(31)37-14-9-24(36-37)20-15-18-5-1-3-7-21(18)23(16-20)29(10-11-29)35-25(38)22-8-4-2-6-19(22)17-34-27(40)26(39)33-13-12-32/h1-9,14-16,28H,10-11,13,17H2,(H,33,39)(H,34,40)(H,35,38). The van der Waals surface area contributed by atoms with Crippen LogP contribution in [0.4, 0.5) is 8.78 Å². The van der Waals surface area contributed by atoms with E-state index < -0.39 is 23.9 Å². The molecule has 3 aromatic carbocycles. The quantitative estimate of drug-likeness (QED) is 0.231. The fourth-order valence-electron chi connectivity index (χ4n) is 4.68. The first-order valence-electron chi connectivity index (χ1n) is 12.5. The van der Waals surface area contributed by atoms with Gasteiger partial charge in [0.25, 0.3) is 5.91 Å². The third kappa shape index (κ3) is 5.37. The van der Waals surface area contributed by atoms with E-state index in [-0.39, 0.29) is 19.0 Å². The van der Waals surface area contributed by atoms with Gasteiger partial charge in [-0.25, -0.2) is 4.68 Å². The highest BCUT2D eigenvalue weighted by Gasteiger charge is 2.47. The van der Waals surface area contributed by atoms with E-state index in [4.69, 9.17) is 5.26 Å². The average molecular weight is 543 g/mol. The molecule has 1 heterocycles. The molecule has 9 nitrogen and oxygen atoms in total. The number of nitrogens with zero attached hydrogens (tertiary/aromatic N) is 3. The van der Waals surface area contributed by atoms with E-state index in [9.17, 15) is 23.2 Å². The number of amides is 3. The van der Waals surface area contributed by atoms with Gasteiger partial charge in [0.05, 0.1) is 17.3 Å². The molecule has 3 N–H and O–H groups in total. The van der Waals surface area contributed by atoms with Crippen molar-refractivity contribution in [1.29, 1.82) is 5.26 Å². The number of fused-ring (bicyclic) bond motifs is 1. The van der Waals surface area contributed by atoms with Crippen molar-refractivity contribution < 1.29 is 23.2 Å². The molecule has 1 saturated carbocycles. The Bertz CT molecular complexity index is 1660. The van der Waals surface area contributed by atoms with E-state index in [1.807, 2.05) is 36.4 Å². The van der Waals surface area contributed by atoms with Crippen molar-refractivity contribution in [2.75, 3.05) is 6.54 Å². The summed E-state index contributed by atoms with van der Waals surface area (Å²) in [5.74, 6) is -2.21. The van der Waals surface area contributed by atoms with Gasteiger partial charge in [-0.15, -0.1) is 0 Å². The van der Waals surface area contributed by atoms with Crippen LogP contribution < -0.4 is 16.0 Å². The summed E-state index contributed by atoms with van der Waals surface area (Å²) in [4.78, 5) is 37.4. The van der Waals surface area contributed by atoms with Crippen molar-refractivity contribution in [2.45, 2.75) is 31.5 Å². The van der Waals surface area contributed by atoms with E-state index >= 15 is 0 Å². The molecule has 0 aliphatic heterocycles. The Morgan fingerprint density at radius 1 is 1.00 bits per heavy atom. The second kappa shape index (κ2) is 10.9. The van der Waals surface area contributed by atoms with E-state index in [1.54, 1.807) is 30.3 Å². The molecule has 1 fully saturated rings. The van der Waals surface area contributed by atoms with Crippen LogP contribution in [0.5, 0.6) is 0 Å². The minimum Gasteiger partial charge on any atom is -0.344 e. The molecule has 0 saturated heterocycles. The number of aromatic nitrogens is 2. The molecular formula is C29H24F2N6O3. The number of alkyl halides is 2. The molecule has 1 aliphatic carbocycles. The van der Waals surface area contributed by atoms with Crippen LogP contribution in [0.1, 0.15) is 40.9 Å². The average Bonchev–Trinajstić information content (AvgIpc) is 3.56. The van der Waals surface area contributed by atoms with E-state index in [0.29, 0.717) is 39.9 Å². The maximum atomic E-state index is 13.5. The molecule has 1 aromatic heterocycles. The van der Waals surface area contributed by atoms with Gasteiger partial charge in [-0.3, -0.25) is 14.4 Å². The summed E-state index contributed by atoms with van der Waals surface area (Å²) in [7, 11) is 0. The van der Waals surface area contributed by atoms with Crippen LogP contribution in [0.15, 0.2) is 72.9 Å². The van der Waals surface area contributed by atoms with Gasteiger partial charge in [-0.05, 0) is 59.0 Å². The number of nitrogens with one attached hydrogen (secondary N) is 3. The van der Waals surface area contributed by atoms with Crippen molar-refractivity contribution in [3.63, 3.8) is 0 Å². The zero-order valence-corrected chi connectivity index (χ0v) is 21.2. The highest BCUT2D eigenvalue weighted by Crippen LogP contribution is 2.49. The van der Waals surface area contributed by atoms with Gasteiger partial charge in [0, 0.05) is 23.9 Å². The predicted octanol–water partition coefficient (Wildman–Crippen LogP) is 3.77. The topological polar surface area (TPSA) is 129 Å². The lowest BCUT2D eigenvalue weighted by Crippen LogP contribution is -2.40. The Morgan fingerprint density at radius 3 is 2.45 bits per heavy atom. The Kier molecular flexibility index (Phi) is 7.25. The number of benzene rings is 3. The van der Waals surface area contributed by atoms with Gasteiger partial charge >= 0.3 is 18.4 Å². The van der Waals surface area contributed by atoms with Gasteiger partial charge < -0.3 is 16.0 Å². The zero-order chi connectivity index (χ0) is 28.3. The maximum Gasteiger partial charge on any atom is 0.333 e. The lowest BCUT2D eigenvalue weighted by Gasteiger charge is -2.22. The summed E-state index contributed by atoms with van der Waals surface area (Å²) < 4.78 is 26.9. The predicted molar refractivity (Wildman–Crippen MR) is 142 cm³/mol. The normalized spacial score (nSPS) is 13.4. The van der Waals surface area contributed by atoms with Crippen LogP contribution in [0.25, 0.3) is 22.0 Å². The molecule has 5 rings (SSSR count). The summed E-state index contributed by atoms with van der Waals surface area (Å²) in [6.45, 7) is -3.11. The van der Waals surface area contributed by atoms with Crippen molar-refractivity contribution in [3.05, 3.63) is 89.6 Å². The van der Waals surface area contributed by atoms with Crippen LogP contribution in [0.3, 0.4) is 0 Å². The fourth-order valence-corrected chi connectivity index (χ4v) is 4.68. The third-order valence-corrected chi connectivity index (χ3v) is 6.82. The molecule has 3 amide bonds. The zero-order valence-electron chi connectivity index (χ0n) is 21.2. The number of hydrogen-bond donors (Lipinski definition) is 3. The third-order valence-electron chi connectivity index (χ3n) is 6.82. The minimum absolute atomic E-state index is 0.0688. The molecule has 11 heteroatoms. The smallest absolute Gasteiger partial charge is 0.333 e. The summed E-state index contributed by atoms with van der Waals surface area (Å²) in [6.07, 6.45) is 2.58. The molecule has 0 radical (unpaired) electrons. The van der Waals surface area contributed by atoms with E-state index in [0.717, 1.165) is 16.3 Å². The lowest BCUT2D eigenvalue weighted by atomic mass is 9.93. The summed E-state index contributed by atoms with van der Waals surface area (Å²) in [5.41, 5.74) is 2.09. The molecule has 0 unspecified atom stereocenters. The number of nitriles is 1. The van der Waals surface area contributed by atoms with Crippen molar-refractivity contribution in [1.82, 2.24) is 25.7 Å². The fraction of sp³-hybridized carbons (Fsp3) is 0.207. The van der Waals surface area contributed by atoms with Crippen LogP contribution in [0, 0.1) is 11.3 Å². The number of carbonyl (C=O) groups excluding carboxylic acids is 3. The van der Waals surface area contributed by atoms with E-state index in [1.165, 1.54) is 12.3 Å². The molecule has 0 bridgehead atoms. The minimum atomic E-state index is -2.75. The largest absolute Gasteiger partial charge is 0.344 e. The summed E-state index contributed by atoms with van der Waals surface area (Å²) in [6, 6.07) is 21.4. The molecule has 1 aliphatic rings. The van der Waals surface area contributed by atoms with Gasteiger partial charge in [-0.1, -0.05) is 42.5 Å². The molecular weight excluding hydrogens is 518 g/mol. The Balaban J connectivity index is 1.41. The van der Waals surface area contributed by atoms with Crippen LogP contribution in [0.2, 0.25) is 0 Å². The number of rotatable bonds is 8. The summed E-state index contributed by atoms with van der Waals surface area (Å²) >= 11 is 0. The highest BCUT2D eigenvalue weighted by molar-refractivity contribution is 6.35. The van der Waals surface area contributed by atoms with Crippen LogP contribution in [-0.4, -0.2) is 34.0 Å². The first-order valence-corrected chi connectivity index (χ1v) is 12.5. The van der Waals surface area contributed by atoms with Crippen LogP contribution >= 0.6 is 0 Å². The van der Waals surface area contributed by atoms with Crippen molar-refractivity contribution in [2.24, 2.45) is 0 Å². The SMILES string of the molecule is N#CCNC(=O)C(=O)NCc1ccccc1C(=O)NC1(c2cc(-c3ccn(C(F)F)n3)cc3ccccc23)CC1. The number of carbonyl (C=O) groups is 3. The molecule has 40 heavy (non-hydrogen) atoms. The molecule has 4 aromatic rings. The number of halogens is 2. The molecule has 0 spiro atoms. The van der Waals surface area contributed by atoms with Gasteiger partial charge in [0.15, 0.2) is 0 Å². The number of hydrogen-bond acceptors (Lipinski definition) is 5. The lowest BCUT2D eigenvalue weighted by molar-refractivity contribution is -0.139. The second-order valence-electron chi connectivity index (χ2n) is 9.42. The second-order valence-corrected chi connectivity index (χ2v) is 9.42. The Labute approximate surface area is 227 Å². The summed E-state index contributed by atoms with van der Waals surface area (Å²) in [5, 5.41) is 22.2. The Morgan fingerprint density at radius 2 is 1.73 bits per heavy atom. The van der Waals surface area contributed by atoms with Gasteiger partial charge in [0.2, 0.25) is 0 Å². The Hall–Kier alpha value is -5.11. The maximum absolute atomic E-state index is 13.5. The highest BCUT2D eigenvalue weighted by atomic mass is 19.3. The molecule has 0 atom stereocenters. The van der Waals surface area contributed by atoms with E-state index in [2.05, 4.69) is 21.0 Å². The van der Waals surface area contributed by atoms with Crippen LogP contribution in [-0.2, 0) is 21.7 Å². The van der Waals surface area contributed by atoms with Gasteiger partial charge in [0.1, 0.15) is 6.54 Å².